The van der Waals surface area contributed by atoms with Gasteiger partial charge in [0.15, 0.2) is 0 Å². The van der Waals surface area contributed by atoms with Gasteiger partial charge >= 0.3 is 0 Å². The number of phenols is 4. The van der Waals surface area contributed by atoms with Gasteiger partial charge in [0.25, 0.3) is 0 Å². The van der Waals surface area contributed by atoms with Crippen molar-refractivity contribution in [2.45, 2.75) is 52.4 Å². The zero-order valence-electron chi connectivity index (χ0n) is 28.9. The monoisotopic (exact) mass is 886 g/mol. The third kappa shape index (κ3) is 7.23. The lowest BCUT2D eigenvalue weighted by molar-refractivity contribution is 0.469. The summed E-state index contributed by atoms with van der Waals surface area (Å²) >= 11 is 4.33. The average Bonchev–Trinajstić information content (AvgIpc) is 3.04. The lowest BCUT2D eigenvalue weighted by Gasteiger charge is -2.23. The van der Waals surface area contributed by atoms with E-state index in [1.165, 1.54) is 0 Å². The Morgan fingerprint density at radius 2 is 0.720 bits per heavy atom. The Labute approximate surface area is 321 Å². The van der Waals surface area contributed by atoms with E-state index < -0.39 is 0 Å². The first-order valence-corrected chi connectivity index (χ1v) is 18.6. The zero-order valence-corrected chi connectivity index (χ0v) is 33.3. The smallest absolute Gasteiger partial charge is 0.131 e. The van der Waals surface area contributed by atoms with Crippen molar-refractivity contribution in [3.05, 3.63) is 127 Å². The highest BCUT2D eigenvalue weighted by molar-refractivity contribution is 14.1. The summed E-state index contributed by atoms with van der Waals surface area (Å²) in [6, 6.07) is 35.1. The molecule has 0 unspecified atom stereocenters. The van der Waals surface area contributed by atoms with Gasteiger partial charge in [0.05, 0.1) is 0 Å². The SMILES string of the molecule is CC(C)(C)c1cc(-c2cccc(-c3cccc(-c4cc(C(C)(C)C)cc(-c5ccc(I)cc5O)c4O)c3)c2)c(O)c(-c2ccc(I)cc2O)c1. The van der Waals surface area contributed by atoms with Crippen LogP contribution in [0.3, 0.4) is 0 Å². The molecule has 6 rings (SSSR count). The molecule has 6 aromatic carbocycles. The predicted octanol–water partition coefficient (Wildman–Crippen LogP) is 12.6. The average molecular weight is 887 g/mol. The molecule has 0 saturated heterocycles. The van der Waals surface area contributed by atoms with Crippen molar-refractivity contribution >= 4 is 45.2 Å². The van der Waals surface area contributed by atoms with Gasteiger partial charge in [-0.15, -0.1) is 0 Å². The molecule has 254 valence electrons. The van der Waals surface area contributed by atoms with Crippen molar-refractivity contribution in [3.8, 4) is 78.6 Å². The van der Waals surface area contributed by atoms with Gasteiger partial charge in [0.1, 0.15) is 23.0 Å². The van der Waals surface area contributed by atoms with Gasteiger partial charge in [-0.2, -0.15) is 0 Å². The highest BCUT2D eigenvalue weighted by atomic mass is 127. The molecule has 50 heavy (non-hydrogen) atoms. The summed E-state index contributed by atoms with van der Waals surface area (Å²) in [5, 5.41) is 45.3. The normalized spacial score (nSPS) is 11.9. The van der Waals surface area contributed by atoms with Crippen LogP contribution in [-0.4, -0.2) is 20.4 Å². The van der Waals surface area contributed by atoms with Crippen molar-refractivity contribution < 1.29 is 20.4 Å². The number of halogens is 2. The molecule has 0 heterocycles. The number of benzene rings is 6. The Morgan fingerprint density at radius 3 is 1.06 bits per heavy atom. The maximum Gasteiger partial charge on any atom is 0.131 e. The molecule has 0 aliphatic heterocycles. The topological polar surface area (TPSA) is 80.9 Å². The van der Waals surface area contributed by atoms with Crippen LogP contribution in [-0.2, 0) is 10.8 Å². The summed E-state index contributed by atoms with van der Waals surface area (Å²) in [4.78, 5) is 0. The van der Waals surface area contributed by atoms with E-state index in [1.807, 2.05) is 84.9 Å². The fourth-order valence-electron chi connectivity index (χ4n) is 6.18. The first-order valence-electron chi connectivity index (χ1n) is 16.5. The van der Waals surface area contributed by atoms with Gasteiger partial charge in [-0.1, -0.05) is 77.9 Å². The molecule has 0 aliphatic rings. The van der Waals surface area contributed by atoms with Crippen LogP contribution in [0, 0.1) is 7.14 Å². The van der Waals surface area contributed by atoms with Gasteiger partial charge < -0.3 is 20.4 Å². The van der Waals surface area contributed by atoms with Gasteiger partial charge in [0, 0.05) is 40.5 Å². The van der Waals surface area contributed by atoms with Crippen LogP contribution < -0.4 is 0 Å². The lowest BCUT2D eigenvalue weighted by Crippen LogP contribution is -2.11. The minimum atomic E-state index is -0.209. The Balaban J connectivity index is 1.49. The van der Waals surface area contributed by atoms with Crippen LogP contribution in [0.25, 0.3) is 55.6 Å². The molecule has 0 saturated carbocycles. The molecule has 0 atom stereocenters. The molecule has 0 spiro atoms. The van der Waals surface area contributed by atoms with Gasteiger partial charge in [-0.05, 0) is 162 Å². The second kappa shape index (κ2) is 13.6. The van der Waals surface area contributed by atoms with Gasteiger partial charge in [-0.3, -0.25) is 0 Å². The van der Waals surface area contributed by atoms with E-state index in [-0.39, 0.29) is 33.8 Å². The molecule has 0 amide bonds. The molecule has 0 fully saturated rings. The largest absolute Gasteiger partial charge is 0.507 e. The molecule has 0 bridgehead atoms. The standard InChI is InChI=1S/C44H40I2O4/c1-43(2,3)29-19-35(41(49)37(21-29)33-15-13-31(45)23-39(33)47)27-11-7-9-25(17-27)26-10-8-12-28(18-26)36-20-30(44(4,5)6)22-38(42(36)50)34-16-14-32(46)24-40(34)48/h7-24,47-50H,1-6H3. The molecule has 6 aromatic rings. The minimum absolute atomic E-state index is 0.107. The fourth-order valence-corrected chi connectivity index (χ4v) is 7.13. The summed E-state index contributed by atoms with van der Waals surface area (Å²) in [6.07, 6.45) is 0. The molecule has 4 N–H and O–H groups in total. The summed E-state index contributed by atoms with van der Waals surface area (Å²) in [5.41, 5.74) is 8.93. The number of hydrogen-bond donors (Lipinski definition) is 4. The van der Waals surface area contributed by atoms with E-state index in [1.54, 1.807) is 12.1 Å². The maximum absolute atomic E-state index is 11.8. The van der Waals surface area contributed by atoms with Crippen LogP contribution in [0.15, 0.2) is 109 Å². The van der Waals surface area contributed by atoms with Crippen LogP contribution in [0.2, 0.25) is 0 Å². The van der Waals surface area contributed by atoms with Gasteiger partial charge in [0.2, 0.25) is 0 Å². The lowest BCUT2D eigenvalue weighted by atomic mass is 9.82. The van der Waals surface area contributed by atoms with E-state index in [0.29, 0.717) is 33.4 Å². The number of aromatic hydroxyl groups is 4. The fraction of sp³-hybridized carbons (Fsp3) is 0.182. The molecule has 0 radical (unpaired) electrons. The number of phenolic OH excluding ortho intramolecular Hbond substituents is 4. The van der Waals surface area contributed by atoms with E-state index in [2.05, 4.69) is 98.9 Å². The van der Waals surface area contributed by atoms with Crippen LogP contribution in [0.5, 0.6) is 23.0 Å². The van der Waals surface area contributed by atoms with Crippen molar-refractivity contribution in [1.29, 1.82) is 0 Å². The minimum Gasteiger partial charge on any atom is -0.507 e. The Hall–Kier alpha value is -4.02. The van der Waals surface area contributed by atoms with Crippen molar-refractivity contribution in [2.75, 3.05) is 0 Å². The maximum atomic E-state index is 11.8. The Kier molecular flexibility index (Phi) is 9.74. The summed E-state index contributed by atoms with van der Waals surface area (Å²) in [5.74, 6) is 0.453. The second-order valence-electron chi connectivity index (χ2n) is 14.8. The van der Waals surface area contributed by atoms with E-state index in [9.17, 15) is 20.4 Å². The summed E-state index contributed by atoms with van der Waals surface area (Å²) < 4.78 is 1.82. The molecular formula is C44H40I2O4. The number of hydrogen-bond acceptors (Lipinski definition) is 4. The van der Waals surface area contributed by atoms with Gasteiger partial charge in [-0.25, -0.2) is 0 Å². The molecular weight excluding hydrogens is 846 g/mol. The third-order valence-corrected chi connectivity index (χ3v) is 10.5. The highest BCUT2D eigenvalue weighted by Crippen LogP contribution is 2.47. The van der Waals surface area contributed by atoms with Crippen molar-refractivity contribution in [3.63, 3.8) is 0 Å². The van der Waals surface area contributed by atoms with Crippen molar-refractivity contribution in [2.24, 2.45) is 0 Å². The molecule has 0 aliphatic carbocycles. The second-order valence-corrected chi connectivity index (χ2v) is 17.3. The third-order valence-electron chi connectivity index (χ3n) is 9.13. The quantitative estimate of drug-likeness (QED) is 0.130. The highest BCUT2D eigenvalue weighted by Gasteiger charge is 2.24. The first kappa shape index (κ1) is 35.8. The van der Waals surface area contributed by atoms with Crippen molar-refractivity contribution in [1.82, 2.24) is 0 Å². The zero-order chi connectivity index (χ0) is 36.1. The Bertz CT molecular complexity index is 2100. The molecule has 4 nitrogen and oxygen atoms in total. The Morgan fingerprint density at radius 1 is 0.380 bits per heavy atom. The van der Waals surface area contributed by atoms with E-state index >= 15 is 0 Å². The summed E-state index contributed by atoms with van der Waals surface area (Å²) in [6.45, 7) is 12.8. The van der Waals surface area contributed by atoms with Crippen LogP contribution >= 0.6 is 45.2 Å². The summed E-state index contributed by atoms with van der Waals surface area (Å²) in [7, 11) is 0. The van der Waals surface area contributed by atoms with Crippen LogP contribution in [0.1, 0.15) is 52.7 Å². The predicted molar refractivity (Wildman–Crippen MR) is 223 cm³/mol. The van der Waals surface area contributed by atoms with Crippen LogP contribution in [0.4, 0.5) is 0 Å². The molecule has 6 heteroatoms. The first-order chi connectivity index (χ1) is 23.5. The number of rotatable bonds is 5. The van der Waals surface area contributed by atoms with E-state index in [0.717, 1.165) is 40.5 Å². The molecule has 0 aromatic heterocycles. The van der Waals surface area contributed by atoms with E-state index in [4.69, 9.17) is 0 Å².